The summed E-state index contributed by atoms with van der Waals surface area (Å²) >= 11 is 12.3. The molecule has 2 heterocycles. The number of para-hydroxylation sites is 1. The molecular weight excluding hydrogens is 412 g/mol. The third-order valence-electron chi connectivity index (χ3n) is 5.01. The van der Waals surface area contributed by atoms with Gasteiger partial charge in [-0.1, -0.05) is 37.6 Å². The van der Waals surface area contributed by atoms with E-state index in [0.717, 1.165) is 18.1 Å². The van der Waals surface area contributed by atoms with E-state index in [-0.39, 0.29) is 0 Å². The minimum atomic E-state index is 0.365. The fraction of sp³-hybridized carbons (Fsp3) is 0.524. The first kappa shape index (κ1) is 21.4. The molecule has 1 fully saturated rings. The zero-order valence-electron chi connectivity index (χ0n) is 16.8. The Balaban J connectivity index is 1.78. The molecule has 1 aromatic heterocycles. The van der Waals surface area contributed by atoms with Gasteiger partial charge in [-0.05, 0) is 75.0 Å². The smallest absolute Gasteiger partial charge is 0.0765 e. The van der Waals surface area contributed by atoms with E-state index in [2.05, 4.69) is 68.3 Å². The Hall–Kier alpha value is -0.330. The third kappa shape index (κ3) is 5.60. The molecule has 6 heteroatoms. The van der Waals surface area contributed by atoms with Gasteiger partial charge < -0.3 is 4.90 Å². The minimum Gasteiger partial charge on any atom is -0.370 e. The molecule has 1 aromatic carbocycles. The summed E-state index contributed by atoms with van der Waals surface area (Å²) in [6, 6.07) is 10.8. The van der Waals surface area contributed by atoms with E-state index >= 15 is 0 Å². The summed E-state index contributed by atoms with van der Waals surface area (Å²) < 4.78 is 4.83. The summed E-state index contributed by atoms with van der Waals surface area (Å²) in [6.07, 6.45) is 2.43. The lowest BCUT2D eigenvalue weighted by Gasteiger charge is -2.39. The normalized spacial score (nSPS) is 18.1. The van der Waals surface area contributed by atoms with Crippen molar-refractivity contribution in [2.75, 3.05) is 32.1 Å². The molecule has 0 N–H and O–H groups in total. The second kappa shape index (κ2) is 9.00. The fourth-order valence-corrected chi connectivity index (χ4v) is 7.35. The molecule has 0 bridgehead atoms. The van der Waals surface area contributed by atoms with Gasteiger partial charge in [0.15, 0.2) is 0 Å². The molecule has 1 saturated heterocycles. The largest absolute Gasteiger partial charge is 0.370 e. The lowest BCUT2D eigenvalue weighted by atomic mass is 9.82. The summed E-state index contributed by atoms with van der Waals surface area (Å²) in [5, 5.41) is 1.25. The molecule has 0 saturated carbocycles. The number of nitrogens with zero attached hydrogens (tertiary/aromatic N) is 2. The van der Waals surface area contributed by atoms with Gasteiger partial charge in [-0.3, -0.25) is 4.31 Å². The molecular formula is C21H29ClN2S3. The van der Waals surface area contributed by atoms with Crippen LogP contribution in [0.5, 0.6) is 0 Å². The molecule has 1 unspecified atom stereocenters. The first-order chi connectivity index (χ1) is 12.7. The second-order valence-electron chi connectivity index (χ2n) is 8.07. The summed E-state index contributed by atoms with van der Waals surface area (Å²) in [5.74, 6) is 0. The van der Waals surface area contributed by atoms with E-state index in [4.69, 9.17) is 11.6 Å². The highest BCUT2D eigenvalue weighted by Gasteiger charge is 2.28. The van der Waals surface area contributed by atoms with Gasteiger partial charge in [-0.2, -0.15) is 0 Å². The van der Waals surface area contributed by atoms with Crippen molar-refractivity contribution < 1.29 is 0 Å². The molecule has 1 atom stereocenters. The Bertz CT molecular complexity index is 763. The predicted octanol–water partition coefficient (Wildman–Crippen LogP) is 7.45. The van der Waals surface area contributed by atoms with Crippen molar-refractivity contribution in [3.8, 4) is 0 Å². The summed E-state index contributed by atoms with van der Waals surface area (Å²) in [4.78, 5) is 2.50. The lowest BCUT2D eigenvalue weighted by Crippen LogP contribution is -2.38. The van der Waals surface area contributed by atoms with Crippen LogP contribution in [0.25, 0.3) is 0 Å². The first-order valence-corrected chi connectivity index (χ1v) is 12.2. The van der Waals surface area contributed by atoms with Gasteiger partial charge in [-0.15, -0.1) is 23.1 Å². The van der Waals surface area contributed by atoms with Crippen molar-refractivity contribution in [3.63, 3.8) is 0 Å². The van der Waals surface area contributed by atoms with E-state index < -0.39 is 0 Å². The molecule has 148 valence electrons. The number of anilines is 1. The van der Waals surface area contributed by atoms with Crippen LogP contribution in [0.1, 0.15) is 44.4 Å². The van der Waals surface area contributed by atoms with E-state index in [0.29, 0.717) is 10.7 Å². The van der Waals surface area contributed by atoms with Crippen LogP contribution < -0.4 is 4.90 Å². The van der Waals surface area contributed by atoms with E-state index in [1.54, 1.807) is 11.9 Å². The number of benzene rings is 1. The van der Waals surface area contributed by atoms with Crippen LogP contribution in [0, 0.1) is 5.41 Å². The van der Waals surface area contributed by atoms with Crippen LogP contribution >= 0.6 is 46.6 Å². The van der Waals surface area contributed by atoms with Crippen molar-refractivity contribution in [2.24, 2.45) is 5.41 Å². The Morgan fingerprint density at radius 3 is 2.44 bits per heavy atom. The third-order valence-corrected chi connectivity index (χ3v) is 8.66. The van der Waals surface area contributed by atoms with Crippen molar-refractivity contribution in [1.82, 2.24) is 4.31 Å². The van der Waals surface area contributed by atoms with Gasteiger partial charge >= 0.3 is 0 Å². The van der Waals surface area contributed by atoms with Gasteiger partial charge in [0.25, 0.3) is 0 Å². The summed E-state index contributed by atoms with van der Waals surface area (Å²) in [7, 11) is 4.16. The molecule has 27 heavy (non-hydrogen) atoms. The van der Waals surface area contributed by atoms with Crippen molar-refractivity contribution >= 4 is 52.3 Å². The van der Waals surface area contributed by atoms with E-state index in [1.807, 2.05) is 29.2 Å². The number of rotatable bonds is 6. The van der Waals surface area contributed by atoms with Crippen LogP contribution in [0.3, 0.4) is 0 Å². The molecule has 1 aliphatic heterocycles. The van der Waals surface area contributed by atoms with E-state index in [1.165, 1.54) is 32.5 Å². The summed E-state index contributed by atoms with van der Waals surface area (Å²) in [6.45, 7) is 9.21. The topological polar surface area (TPSA) is 6.48 Å². The lowest BCUT2D eigenvalue weighted by molar-refractivity contribution is 0.279. The quantitative estimate of drug-likeness (QED) is 0.339. The van der Waals surface area contributed by atoms with Crippen molar-refractivity contribution in [3.05, 3.63) is 40.9 Å². The number of halogens is 1. The Kier molecular flexibility index (Phi) is 7.12. The predicted molar refractivity (Wildman–Crippen MR) is 125 cm³/mol. The molecule has 0 spiro atoms. The van der Waals surface area contributed by atoms with Crippen LogP contribution in [-0.4, -0.2) is 31.5 Å². The van der Waals surface area contributed by atoms with Gasteiger partial charge in [0.2, 0.25) is 0 Å². The second-order valence-corrected chi connectivity index (χ2v) is 12.8. The Labute approximate surface area is 181 Å². The van der Waals surface area contributed by atoms with Crippen LogP contribution in [0.4, 0.5) is 5.69 Å². The van der Waals surface area contributed by atoms with Crippen LogP contribution in [0.2, 0.25) is 5.02 Å². The number of piperidine rings is 1. The molecule has 3 rings (SSSR count). The zero-order chi connectivity index (χ0) is 19.6. The van der Waals surface area contributed by atoms with Crippen LogP contribution in [-0.2, 0) is 0 Å². The SMILES string of the molecule is CC(Sc1ccc(SN(C)C)s1)c1cccc(Cl)c1N1CCC(C)(C)CC1. The summed E-state index contributed by atoms with van der Waals surface area (Å²) in [5.41, 5.74) is 3.03. The first-order valence-electron chi connectivity index (χ1n) is 9.40. The Morgan fingerprint density at radius 1 is 1.11 bits per heavy atom. The van der Waals surface area contributed by atoms with Gasteiger partial charge in [0.05, 0.1) is 19.1 Å². The molecule has 0 aliphatic carbocycles. The minimum absolute atomic E-state index is 0.365. The van der Waals surface area contributed by atoms with Crippen molar-refractivity contribution in [2.45, 2.75) is 47.3 Å². The van der Waals surface area contributed by atoms with Gasteiger partial charge in [-0.25, -0.2) is 0 Å². The standard InChI is InChI=1S/C21H29ClN2S3/c1-15(25-18-9-10-19(26-18)27-23(4)5)16-7-6-8-17(22)20(16)24-13-11-21(2,3)12-14-24/h6-10,15H,11-14H2,1-5H3. The van der Waals surface area contributed by atoms with Gasteiger partial charge in [0.1, 0.15) is 0 Å². The molecule has 0 radical (unpaired) electrons. The number of hydrogen-bond acceptors (Lipinski definition) is 5. The molecule has 2 aromatic rings. The highest BCUT2D eigenvalue weighted by atomic mass is 35.5. The average molecular weight is 441 g/mol. The highest BCUT2D eigenvalue weighted by molar-refractivity contribution is 8.02. The average Bonchev–Trinajstić information content (AvgIpc) is 3.01. The number of hydrogen-bond donors (Lipinski definition) is 0. The van der Waals surface area contributed by atoms with Crippen molar-refractivity contribution in [1.29, 1.82) is 0 Å². The van der Waals surface area contributed by atoms with E-state index in [9.17, 15) is 0 Å². The maximum atomic E-state index is 6.69. The van der Waals surface area contributed by atoms with Crippen LogP contribution in [0.15, 0.2) is 38.8 Å². The zero-order valence-corrected chi connectivity index (χ0v) is 20.0. The number of thiophene rings is 1. The molecule has 0 amide bonds. The number of thioether (sulfide) groups is 1. The molecule has 1 aliphatic rings. The fourth-order valence-electron chi connectivity index (χ4n) is 3.36. The monoisotopic (exact) mass is 440 g/mol. The van der Waals surface area contributed by atoms with Gasteiger partial charge in [0, 0.05) is 18.3 Å². The maximum absolute atomic E-state index is 6.69. The Morgan fingerprint density at radius 2 is 1.78 bits per heavy atom. The highest BCUT2D eigenvalue weighted by Crippen LogP contribution is 2.46. The molecule has 2 nitrogen and oxygen atoms in total. The maximum Gasteiger partial charge on any atom is 0.0765 e.